The van der Waals surface area contributed by atoms with Crippen LogP contribution >= 0.6 is 0 Å². The van der Waals surface area contributed by atoms with E-state index >= 15 is 0 Å². The van der Waals surface area contributed by atoms with E-state index in [2.05, 4.69) is 21.8 Å². The van der Waals surface area contributed by atoms with Gasteiger partial charge in [0.25, 0.3) is 0 Å². The van der Waals surface area contributed by atoms with Crippen molar-refractivity contribution in [2.75, 3.05) is 13.7 Å². The van der Waals surface area contributed by atoms with Gasteiger partial charge >= 0.3 is 0 Å². The number of benzene rings is 3. The molecule has 0 N–H and O–H groups in total. The Bertz CT molecular complexity index is 1290. The van der Waals surface area contributed by atoms with Gasteiger partial charge in [-0.15, -0.1) is 0 Å². The van der Waals surface area contributed by atoms with Crippen LogP contribution in [0.4, 0.5) is 13.2 Å². The van der Waals surface area contributed by atoms with Gasteiger partial charge in [0.05, 0.1) is 6.61 Å². The van der Waals surface area contributed by atoms with Gasteiger partial charge in [0.15, 0.2) is 23.3 Å². The van der Waals surface area contributed by atoms with Crippen LogP contribution in [0.25, 0.3) is 22.2 Å². The first-order valence-corrected chi connectivity index (χ1v) is 9.55. The van der Waals surface area contributed by atoms with Crippen molar-refractivity contribution >= 4 is 10.8 Å². The summed E-state index contributed by atoms with van der Waals surface area (Å²) in [4.78, 5) is 8.77. The predicted octanol–water partition coefficient (Wildman–Crippen LogP) is 5.30. The number of aromatic nitrogens is 2. The van der Waals surface area contributed by atoms with Gasteiger partial charge in [-0.1, -0.05) is 17.9 Å². The largest absolute Gasteiger partial charge is 0.384 e. The molecule has 0 aliphatic carbocycles. The fourth-order valence-corrected chi connectivity index (χ4v) is 3.08. The quantitative estimate of drug-likeness (QED) is 0.333. The zero-order chi connectivity index (χ0) is 21.8. The maximum absolute atomic E-state index is 13.8. The molecule has 0 radical (unpaired) electrons. The van der Waals surface area contributed by atoms with Gasteiger partial charge in [-0.05, 0) is 59.8 Å². The Morgan fingerprint density at radius 1 is 0.839 bits per heavy atom. The summed E-state index contributed by atoms with van der Waals surface area (Å²) in [6, 6.07) is 12.9. The molecule has 6 heteroatoms. The molecule has 0 bridgehead atoms. The van der Waals surface area contributed by atoms with E-state index in [1.165, 1.54) is 12.1 Å². The monoisotopic (exact) mass is 418 g/mol. The van der Waals surface area contributed by atoms with E-state index in [1.807, 2.05) is 24.3 Å². The van der Waals surface area contributed by atoms with Crippen LogP contribution in [-0.4, -0.2) is 23.7 Å². The molecular formula is C25H17F3N2O. The predicted molar refractivity (Wildman–Crippen MR) is 113 cm³/mol. The minimum Gasteiger partial charge on any atom is -0.384 e. The molecule has 0 aliphatic heterocycles. The molecule has 3 aromatic carbocycles. The second-order valence-corrected chi connectivity index (χ2v) is 6.91. The lowest BCUT2D eigenvalue weighted by Crippen LogP contribution is -1.97. The van der Waals surface area contributed by atoms with Gasteiger partial charge in [-0.2, -0.15) is 0 Å². The summed E-state index contributed by atoms with van der Waals surface area (Å²) >= 11 is 0. The number of fused-ring (bicyclic) bond motifs is 1. The molecule has 0 aliphatic rings. The van der Waals surface area contributed by atoms with Crippen LogP contribution in [0.1, 0.15) is 16.7 Å². The molecule has 0 saturated carbocycles. The maximum atomic E-state index is 13.8. The topological polar surface area (TPSA) is 35.0 Å². The standard InChI is InChI=1S/C25H17F3N2O/c1-31-11-10-18-14-29-25(30-15-18)19-7-4-16(5-8-19)2-3-17-6-9-21-20(12-17)13-22(26)24(28)23(21)27/h4-9,12-15H,10-11H2,1H3. The third kappa shape index (κ3) is 4.57. The molecular weight excluding hydrogens is 401 g/mol. The Hall–Kier alpha value is -3.69. The van der Waals surface area contributed by atoms with Crippen molar-refractivity contribution in [2.45, 2.75) is 6.42 Å². The number of rotatable bonds is 4. The van der Waals surface area contributed by atoms with Crippen LogP contribution in [0.15, 0.2) is 60.9 Å². The number of nitrogens with zero attached hydrogens (tertiary/aromatic N) is 2. The molecule has 31 heavy (non-hydrogen) atoms. The Labute approximate surface area is 177 Å². The lowest BCUT2D eigenvalue weighted by Gasteiger charge is -2.03. The highest BCUT2D eigenvalue weighted by molar-refractivity contribution is 5.84. The maximum Gasteiger partial charge on any atom is 0.195 e. The lowest BCUT2D eigenvalue weighted by molar-refractivity contribution is 0.202. The molecule has 4 rings (SSSR count). The van der Waals surface area contributed by atoms with E-state index in [0.717, 1.165) is 29.2 Å². The van der Waals surface area contributed by atoms with Gasteiger partial charge in [0.1, 0.15) is 0 Å². The molecule has 0 unspecified atom stereocenters. The molecule has 0 spiro atoms. The van der Waals surface area contributed by atoms with E-state index in [0.29, 0.717) is 18.0 Å². The first-order valence-electron chi connectivity index (χ1n) is 9.55. The third-order valence-electron chi connectivity index (χ3n) is 4.77. The number of halogens is 3. The molecule has 0 fully saturated rings. The summed E-state index contributed by atoms with van der Waals surface area (Å²) in [5, 5.41) is 0.270. The Morgan fingerprint density at radius 2 is 1.52 bits per heavy atom. The minimum atomic E-state index is -1.47. The van der Waals surface area contributed by atoms with Crippen LogP contribution < -0.4 is 0 Å². The van der Waals surface area contributed by atoms with Crippen LogP contribution in [0, 0.1) is 29.3 Å². The second-order valence-electron chi connectivity index (χ2n) is 6.91. The minimum absolute atomic E-state index is 0.0158. The van der Waals surface area contributed by atoms with Crippen LogP contribution in [-0.2, 0) is 11.2 Å². The lowest BCUT2D eigenvalue weighted by atomic mass is 10.1. The van der Waals surface area contributed by atoms with Crippen LogP contribution in [0.3, 0.4) is 0 Å². The first kappa shape index (κ1) is 20.6. The summed E-state index contributed by atoms with van der Waals surface area (Å²) in [5.74, 6) is 2.70. The fourth-order valence-electron chi connectivity index (χ4n) is 3.08. The van der Waals surface area contributed by atoms with Gasteiger partial charge in [-0.25, -0.2) is 23.1 Å². The number of hydrogen-bond acceptors (Lipinski definition) is 3. The number of hydrogen-bond donors (Lipinski definition) is 0. The van der Waals surface area contributed by atoms with Gasteiger partial charge < -0.3 is 4.74 Å². The van der Waals surface area contributed by atoms with Crippen molar-refractivity contribution in [3.05, 3.63) is 95.1 Å². The number of ether oxygens (including phenoxy) is 1. The van der Waals surface area contributed by atoms with Crippen molar-refractivity contribution < 1.29 is 17.9 Å². The average molecular weight is 418 g/mol. The molecule has 154 valence electrons. The number of methoxy groups -OCH3 is 1. The first-order chi connectivity index (χ1) is 15.0. The van der Waals surface area contributed by atoms with Gasteiger partial charge in [0, 0.05) is 41.6 Å². The van der Waals surface area contributed by atoms with Gasteiger partial charge in [0.2, 0.25) is 0 Å². The van der Waals surface area contributed by atoms with E-state index in [4.69, 9.17) is 4.74 Å². The van der Waals surface area contributed by atoms with E-state index < -0.39 is 17.5 Å². The van der Waals surface area contributed by atoms with Crippen LogP contribution in [0.2, 0.25) is 0 Å². The van der Waals surface area contributed by atoms with Gasteiger partial charge in [-0.3, -0.25) is 0 Å². The molecule has 0 atom stereocenters. The highest BCUT2D eigenvalue weighted by Gasteiger charge is 2.13. The molecule has 0 amide bonds. The molecule has 4 aromatic rings. The van der Waals surface area contributed by atoms with Crippen LogP contribution in [0.5, 0.6) is 0 Å². The Kier molecular flexibility index (Phi) is 5.96. The third-order valence-corrected chi connectivity index (χ3v) is 4.77. The highest BCUT2D eigenvalue weighted by atomic mass is 19.2. The zero-order valence-electron chi connectivity index (χ0n) is 16.6. The zero-order valence-corrected chi connectivity index (χ0v) is 16.6. The van der Waals surface area contributed by atoms with E-state index in [-0.39, 0.29) is 10.8 Å². The SMILES string of the molecule is COCCc1cnc(-c2ccc(C#Cc3ccc4c(F)c(F)c(F)cc4c3)cc2)nc1. The normalized spacial score (nSPS) is 10.7. The Morgan fingerprint density at radius 3 is 2.23 bits per heavy atom. The average Bonchev–Trinajstić information content (AvgIpc) is 2.80. The fraction of sp³-hybridized carbons (Fsp3) is 0.120. The van der Waals surface area contributed by atoms with Crippen molar-refractivity contribution in [3.63, 3.8) is 0 Å². The Balaban J connectivity index is 1.53. The molecule has 1 heterocycles. The van der Waals surface area contributed by atoms with Crippen molar-refractivity contribution in [1.29, 1.82) is 0 Å². The summed E-state index contributed by atoms with van der Waals surface area (Å²) in [6.45, 7) is 0.619. The summed E-state index contributed by atoms with van der Waals surface area (Å²) in [6.07, 6.45) is 4.33. The highest BCUT2D eigenvalue weighted by Crippen LogP contribution is 2.24. The van der Waals surface area contributed by atoms with Crippen molar-refractivity contribution in [1.82, 2.24) is 9.97 Å². The summed E-state index contributed by atoms with van der Waals surface area (Å²) in [7, 11) is 1.65. The summed E-state index contributed by atoms with van der Waals surface area (Å²) in [5.41, 5.74) is 3.20. The molecule has 1 aromatic heterocycles. The molecule has 0 saturated heterocycles. The second kappa shape index (κ2) is 8.99. The smallest absolute Gasteiger partial charge is 0.195 e. The van der Waals surface area contributed by atoms with E-state index in [9.17, 15) is 13.2 Å². The summed E-state index contributed by atoms with van der Waals surface area (Å²) < 4.78 is 45.7. The van der Waals surface area contributed by atoms with E-state index in [1.54, 1.807) is 25.6 Å². The molecule has 3 nitrogen and oxygen atoms in total. The van der Waals surface area contributed by atoms with Crippen molar-refractivity contribution in [3.8, 4) is 23.2 Å². The van der Waals surface area contributed by atoms with Crippen molar-refractivity contribution in [2.24, 2.45) is 0 Å².